The quantitative estimate of drug-likeness (QED) is 0.860. The number of hydrogen-bond acceptors (Lipinski definition) is 2. The molecule has 0 radical (unpaired) electrons. The Kier molecular flexibility index (Phi) is 6.23. The molecule has 1 aliphatic rings. The first-order chi connectivity index (χ1) is 10.9. The molecule has 3 nitrogen and oxygen atoms in total. The molecule has 1 amide bonds. The highest BCUT2D eigenvalue weighted by atomic mass is 16.2. The zero-order valence-corrected chi connectivity index (χ0v) is 15.1. The van der Waals surface area contributed by atoms with Crippen molar-refractivity contribution in [3.8, 4) is 0 Å². The van der Waals surface area contributed by atoms with Gasteiger partial charge in [0.05, 0.1) is 6.54 Å². The van der Waals surface area contributed by atoms with Gasteiger partial charge in [0.25, 0.3) is 0 Å². The van der Waals surface area contributed by atoms with Crippen LogP contribution in [0.5, 0.6) is 0 Å². The van der Waals surface area contributed by atoms with E-state index in [0.29, 0.717) is 18.5 Å². The topological polar surface area (TPSA) is 41.1 Å². The van der Waals surface area contributed by atoms with E-state index in [0.717, 1.165) is 6.42 Å². The van der Waals surface area contributed by atoms with E-state index in [4.69, 9.17) is 0 Å². The summed E-state index contributed by atoms with van der Waals surface area (Å²) in [7, 11) is 0. The molecule has 0 aromatic heterocycles. The van der Waals surface area contributed by atoms with E-state index in [-0.39, 0.29) is 17.4 Å². The van der Waals surface area contributed by atoms with E-state index in [1.165, 1.54) is 24.8 Å². The summed E-state index contributed by atoms with van der Waals surface area (Å²) in [6, 6.07) is 10.9. The van der Waals surface area contributed by atoms with E-state index in [1.807, 2.05) is 6.07 Å². The summed E-state index contributed by atoms with van der Waals surface area (Å²) in [4.78, 5) is 12.3. The molecule has 0 aliphatic heterocycles. The van der Waals surface area contributed by atoms with Crippen molar-refractivity contribution in [3.63, 3.8) is 0 Å². The van der Waals surface area contributed by atoms with Crippen LogP contribution in [0.1, 0.15) is 65.0 Å². The number of nitrogens with one attached hydrogen (secondary N) is 2. The molecule has 0 bridgehead atoms. The Bertz CT molecular complexity index is 492. The predicted octanol–water partition coefficient (Wildman–Crippen LogP) is 4.06. The van der Waals surface area contributed by atoms with Gasteiger partial charge in [-0.25, -0.2) is 0 Å². The van der Waals surface area contributed by atoms with Crippen LogP contribution in [-0.2, 0) is 4.79 Å². The first kappa shape index (κ1) is 18.0. The first-order valence-corrected chi connectivity index (χ1v) is 8.95. The lowest BCUT2D eigenvalue weighted by Crippen LogP contribution is -2.46. The van der Waals surface area contributed by atoms with Crippen LogP contribution in [0, 0.1) is 11.3 Å². The number of rotatable bonds is 5. The summed E-state index contributed by atoms with van der Waals surface area (Å²) in [6.07, 6.45) is 4.88. The predicted molar refractivity (Wildman–Crippen MR) is 96.2 cm³/mol. The lowest BCUT2D eigenvalue weighted by atomic mass is 9.82. The van der Waals surface area contributed by atoms with E-state index in [1.54, 1.807) is 0 Å². The van der Waals surface area contributed by atoms with Crippen LogP contribution >= 0.6 is 0 Å². The van der Waals surface area contributed by atoms with Crippen molar-refractivity contribution in [2.45, 2.75) is 65.5 Å². The summed E-state index contributed by atoms with van der Waals surface area (Å²) in [5.74, 6) is 0.717. The Morgan fingerprint density at radius 3 is 2.43 bits per heavy atom. The van der Waals surface area contributed by atoms with Crippen LogP contribution in [-0.4, -0.2) is 18.5 Å². The zero-order valence-electron chi connectivity index (χ0n) is 15.1. The van der Waals surface area contributed by atoms with Gasteiger partial charge in [-0.1, -0.05) is 70.9 Å². The minimum atomic E-state index is 0.0553. The number of benzene rings is 1. The van der Waals surface area contributed by atoms with Crippen LogP contribution in [0.4, 0.5) is 0 Å². The zero-order chi connectivity index (χ0) is 16.9. The molecular weight excluding hydrogens is 284 g/mol. The molecule has 0 unspecified atom stereocenters. The van der Waals surface area contributed by atoms with Gasteiger partial charge in [-0.2, -0.15) is 0 Å². The summed E-state index contributed by atoms with van der Waals surface area (Å²) < 4.78 is 0. The Morgan fingerprint density at radius 1 is 1.17 bits per heavy atom. The monoisotopic (exact) mass is 316 g/mol. The normalized spacial score (nSPS) is 23.3. The van der Waals surface area contributed by atoms with Crippen molar-refractivity contribution in [2.75, 3.05) is 6.54 Å². The average molecular weight is 316 g/mol. The molecule has 2 rings (SSSR count). The molecule has 1 aliphatic carbocycles. The molecule has 1 saturated carbocycles. The van der Waals surface area contributed by atoms with Crippen molar-refractivity contribution < 1.29 is 4.79 Å². The van der Waals surface area contributed by atoms with Gasteiger partial charge in [-0.05, 0) is 29.7 Å². The lowest BCUT2D eigenvalue weighted by Gasteiger charge is -2.33. The Balaban J connectivity index is 1.92. The molecule has 0 saturated heterocycles. The third kappa shape index (κ3) is 5.35. The van der Waals surface area contributed by atoms with E-state index >= 15 is 0 Å². The van der Waals surface area contributed by atoms with Crippen molar-refractivity contribution in [1.82, 2.24) is 10.6 Å². The smallest absolute Gasteiger partial charge is 0.234 e. The molecule has 0 heterocycles. The van der Waals surface area contributed by atoms with E-state index < -0.39 is 0 Å². The van der Waals surface area contributed by atoms with Gasteiger partial charge in [-0.15, -0.1) is 0 Å². The molecule has 128 valence electrons. The SMILES string of the molecule is C[C@H]1CCCC[C@H]1NC(=O)CN[C@@H](c1ccccc1)C(C)(C)C. The molecule has 3 heteroatoms. The fourth-order valence-corrected chi connectivity index (χ4v) is 3.55. The van der Waals surface area contributed by atoms with Gasteiger partial charge in [0, 0.05) is 12.1 Å². The third-order valence-electron chi connectivity index (χ3n) is 4.92. The summed E-state index contributed by atoms with van der Waals surface area (Å²) in [5.41, 5.74) is 1.29. The van der Waals surface area contributed by atoms with Crippen molar-refractivity contribution >= 4 is 5.91 Å². The van der Waals surface area contributed by atoms with Crippen LogP contribution < -0.4 is 10.6 Å². The molecule has 1 aromatic rings. The molecule has 23 heavy (non-hydrogen) atoms. The number of carbonyl (C=O) groups excluding carboxylic acids is 1. The average Bonchev–Trinajstić information content (AvgIpc) is 2.49. The van der Waals surface area contributed by atoms with Crippen LogP contribution in [0.15, 0.2) is 30.3 Å². The molecule has 0 spiro atoms. The van der Waals surface area contributed by atoms with Gasteiger partial charge in [0.1, 0.15) is 0 Å². The summed E-state index contributed by atoms with van der Waals surface area (Å²) >= 11 is 0. The fourth-order valence-electron chi connectivity index (χ4n) is 3.55. The third-order valence-corrected chi connectivity index (χ3v) is 4.92. The minimum absolute atomic E-state index is 0.0553. The highest BCUT2D eigenvalue weighted by Gasteiger charge is 2.27. The van der Waals surface area contributed by atoms with Gasteiger partial charge in [-0.3, -0.25) is 4.79 Å². The lowest BCUT2D eigenvalue weighted by molar-refractivity contribution is -0.121. The maximum atomic E-state index is 12.3. The number of amides is 1. The second kappa shape index (κ2) is 7.96. The highest BCUT2D eigenvalue weighted by molar-refractivity contribution is 5.78. The first-order valence-electron chi connectivity index (χ1n) is 8.95. The van der Waals surface area contributed by atoms with Gasteiger partial charge >= 0.3 is 0 Å². The van der Waals surface area contributed by atoms with E-state index in [2.05, 4.69) is 62.6 Å². The molecule has 1 aromatic carbocycles. The second-order valence-electron chi connectivity index (χ2n) is 8.03. The van der Waals surface area contributed by atoms with Crippen molar-refractivity contribution in [3.05, 3.63) is 35.9 Å². The summed E-state index contributed by atoms with van der Waals surface area (Å²) in [6.45, 7) is 9.25. The van der Waals surface area contributed by atoms with E-state index in [9.17, 15) is 4.79 Å². The maximum absolute atomic E-state index is 12.3. The summed E-state index contributed by atoms with van der Waals surface area (Å²) in [5, 5.41) is 6.69. The largest absolute Gasteiger partial charge is 0.352 e. The fraction of sp³-hybridized carbons (Fsp3) is 0.650. The van der Waals surface area contributed by atoms with Gasteiger partial charge < -0.3 is 10.6 Å². The molecule has 1 fully saturated rings. The number of carbonyl (C=O) groups is 1. The standard InChI is InChI=1S/C20H32N2O/c1-15-10-8-9-13-17(15)22-18(23)14-21-19(20(2,3)4)16-11-6-5-7-12-16/h5-7,11-12,15,17,19,21H,8-10,13-14H2,1-4H3,(H,22,23)/t15-,17+,19-/m0/s1. The van der Waals surface area contributed by atoms with Crippen LogP contribution in [0.3, 0.4) is 0 Å². The second-order valence-corrected chi connectivity index (χ2v) is 8.03. The van der Waals surface area contributed by atoms with Crippen LogP contribution in [0.25, 0.3) is 0 Å². The molecule has 2 N–H and O–H groups in total. The Morgan fingerprint density at radius 2 is 1.83 bits per heavy atom. The molecule has 3 atom stereocenters. The highest BCUT2D eigenvalue weighted by Crippen LogP contribution is 2.32. The minimum Gasteiger partial charge on any atom is -0.352 e. The Labute approximate surface area is 141 Å². The van der Waals surface area contributed by atoms with Crippen molar-refractivity contribution in [2.24, 2.45) is 11.3 Å². The van der Waals surface area contributed by atoms with Gasteiger partial charge in [0.2, 0.25) is 5.91 Å². The number of hydrogen-bond donors (Lipinski definition) is 2. The van der Waals surface area contributed by atoms with Gasteiger partial charge in [0.15, 0.2) is 0 Å². The molecular formula is C20H32N2O. The maximum Gasteiger partial charge on any atom is 0.234 e. The van der Waals surface area contributed by atoms with Crippen molar-refractivity contribution in [1.29, 1.82) is 0 Å². The Hall–Kier alpha value is -1.35. The van der Waals surface area contributed by atoms with Crippen LogP contribution in [0.2, 0.25) is 0 Å².